The third kappa shape index (κ3) is 3.81. The first kappa shape index (κ1) is 19.0. The second-order valence-electron chi connectivity index (χ2n) is 7.04. The summed E-state index contributed by atoms with van der Waals surface area (Å²) in [5, 5.41) is 6.86. The van der Waals surface area contributed by atoms with Crippen LogP contribution in [0.4, 0.5) is 14.9 Å². The minimum absolute atomic E-state index is 0.0775. The molecule has 3 aromatic rings. The molecule has 0 aliphatic carbocycles. The summed E-state index contributed by atoms with van der Waals surface area (Å²) in [6.07, 6.45) is 4.51. The Hall–Kier alpha value is -3.35. The number of hydrogen-bond acceptors (Lipinski definition) is 3. The molecule has 1 aromatic heterocycles. The molecule has 29 heavy (non-hydrogen) atoms. The summed E-state index contributed by atoms with van der Waals surface area (Å²) in [5.74, 6) is 0.0798. The molecule has 150 valence electrons. The molecule has 4 rings (SSSR count). The van der Waals surface area contributed by atoms with Crippen molar-refractivity contribution in [2.45, 2.75) is 19.9 Å². The standard InChI is InChI=1S/C22H23FN4O2/c1-3-16-10-19(4-5-21(16)17-12-24-25-13-17)27-7-6-26(22(27)28)14-15-8-18(23)11-20(9-15)29-2/h4-5,8-13H,3,6-7,14H2,1-2H3,(H,24,25). The zero-order valence-corrected chi connectivity index (χ0v) is 16.5. The summed E-state index contributed by atoms with van der Waals surface area (Å²) in [6.45, 7) is 3.62. The Labute approximate surface area is 168 Å². The molecule has 1 saturated heterocycles. The predicted octanol–water partition coefficient (Wildman–Crippen LogP) is 4.23. The van der Waals surface area contributed by atoms with Crippen LogP contribution in [-0.4, -0.2) is 41.3 Å². The number of amides is 2. The number of carbonyl (C=O) groups is 1. The average Bonchev–Trinajstić information content (AvgIpc) is 3.38. The Morgan fingerprint density at radius 3 is 2.79 bits per heavy atom. The highest BCUT2D eigenvalue weighted by molar-refractivity contribution is 5.94. The maximum atomic E-state index is 13.8. The van der Waals surface area contributed by atoms with E-state index in [1.807, 2.05) is 18.3 Å². The highest BCUT2D eigenvalue weighted by atomic mass is 19.1. The zero-order chi connectivity index (χ0) is 20.4. The van der Waals surface area contributed by atoms with Crippen molar-refractivity contribution >= 4 is 11.7 Å². The van der Waals surface area contributed by atoms with Crippen LogP contribution in [0.5, 0.6) is 5.75 Å². The van der Waals surface area contributed by atoms with E-state index in [4.69, 9.17) is 4.74 Å². The molecule has 0 atom stereocenters. The van der Waals surface area contributed by atoms with Gasteiger partial charge in [0.15, 0.2) is 0 Å². The second kappa shape index (κ2) is 7.95. The molecule has 1 N–H and O–H groups in total. The van der Waals surface area contributed by atoms with Gasteiger partial charge in [0.1, 0.15) is 11.6 Å². The van der Waals surface area contributed by atoms with Gasteiger partial charge in [-0.05, 0) is 47.4 Å². The van der Waals surface area contributed by atoms with Gasteiger partial charge >= 0.3 is 6.03 Å². The molecule has 2 aromatic carbocycles. The van der Waals surface area contributed by atoms with Gasteiger partial charge in [-0.15, -0.1) is 0 Å². The van der Waals surface area contributed by atoms with Crippen molar-refractivity contribution in [3.63, 3.8) is 0 Å². The molecular weight excluding hydrogens is 371 g/mol. The number of methoxy groups -OCH3 is 1. The maximum absolute atomic E-state index is 13.8. The quantitative estimate of drug-likeness (QED) is 0.681. The van der Waals surface area contributed by atoms with Crippen molar-refractivity contribution < 1.29 is 13.9 Å². The minimum atomic E-state index is -0.370. The second-order valence-corrected chi connectivity index (χ2v) is 7.04. The van der Waals surface area contributed by atoms with Crippen molar-refractivity contribution in [1.29, 1.82) is 0 Å². The monoisotopic (exact) mass is 394 g/mol. The van der Waals surface area contributed by atoms with Crippen LogP contribution in [0, 0.1) is 5.82 Å². The van der Waals surface area contributed by atoms with Gasteiger partial charge in [0, 0.05) is 43.1 Å². The minimum Gasteiger partial charge on any atom is -0.497 e. The van der Waals surface area contributed by atoms with E-state index in [1.165, 1.54) is 19.2 Å². The summed E-state index contributed by atoms with van der Waals surface area (Å²) in [6, 6.07) is 10.5. The van der Waals surface area contributed by atoms with Crippen molar-refractivity contribution in [2.75, 3.05) is 25.1 Å². The molecule has 7 heteroatoms. The molecule has 0 saturated carbocycles. The SMILES string of the molecule is CCc1cc(N2CCN(Cc3cc(F)cc(OC)c3)C2=O)ccc1-c1cn[nH]c1. The van der Waals surface area contributed by atoms with Crippen LogP contribution >= 0.6 is 0 Å². The number of rotatable bonds is 6. The van der Waals surface area contributed by atoms with Crippen LogP contribution in [0.1, 0.15) is 18.1 Å². The highest BCUT2D eigenvalue weighted by Gasteiger charge is 2.30. The lowest BCUT2D eigenvalue weighted by atomic mass is 9.99. The summed E-state index contributed by atoms with van der Waals surface area (Å²) < 4.78 is 18.9. The first-order chi connectivity index (χ1) is 14.1. The lowest BCUT2D eigenvalue weighted by Gasteiger charge is -2.20. The fourth-order valence-electron chi connectivity index (χ4n) is 3.74. The fourth-order valence-corrected chi connectivity index (χ4v) is 3.74. The number of ether oxygens (including phenoxy) is 1. The topological polar surface area (TPSA) is 61.5 Å². The largest absolute Gasteiger partial charge is 0.497 e. The van der Waals surface area contributed by atoms with Gasteiger partial charge < -0.3 is 9.64 Å². The van der Waals surface area contributed by atoms with Crippen LogP contribution in [-0.2, 0) is 13.0 Å². The van der Waals surface area contributed by atoms with E-state index >= 15 is 0 Å². The Morgan fingerprint density at radius 1 is 1.21 bits per heavy atom. The number of benzene rings is 2. The van der Waals surface area contributed by atoms with E-state index in [-0.39, 0.29) is 11.8 Å². The number of aromatic amines is 1. The number of urea groups is 1. The van der Waals surface area contributed by atoms with Crippen molar-refractivity contribution in [3.8, 4) is 16.9 Å². The number of hydrogen-bond donors (Lipinski definition) is 1. The third-order valence-electron chi connectivity index (χ3n) is 5.23. The van der Waals surface area contributed by atoms with Crippen LogP contribution in [0.3, 0.4) is 0 Å². The molecule has 2 amide bonds. The van der Waals surface area contributed by atoms with E-state index < -0.39 is 0 Å². The van der Waals surface area contributed by atoms with Gasteiger partial charge in [0.25, 0.3) is 0 Å². The van der Waals surface area contributed by atoms with Gasteiger partial charge in [-0.1, -0.05) is 13.0 Å². The number of nitrogens with zero attached hydrogens (tertiary/aromatic N) is 3. The molecule has 0 radical (unpaired) electrons. The Kier molecular flexibility index (Phi) is 5.20. The molecule has 1 fully saturated rings. The van der Waals surface area contributed by atoms with Crippen molar-refractivity contribution in [2.24, 2.45) is 0 Å². The third-order valence-corrected chi connectivity index (χ3v) is 5.23. The normalized spacial score (nSPS) is 14.0. The van der Waals surface area contributed by atoms with E-state index in [0.29, 0.717) is 30.9 Å². The predicted molar refractivity (Wildman–Crippen MR) is 110 cm³/mol. The lowest BCUT2D eigenvalue weighted by molar-refractivity contribution is 0.218. The zero-order valence-electron chi connectivity index (χ0n) is 16.5. The number of nitrogens with one attached hydrogen (secondary N) is 1. The van der Waals surface area contributed by atoms with Gasteiger partial charge in [-0.2, -0.15) is 5.10 Å². The molecule has 0 unspecified atom stereocenters. The highest BCUT2D eigenvalue weighted by Crippen LogP contribution is 2.30. The van der Waals surface area contributed by atoms with E-state index in [0.717, 1.165) is 28.8 Å². The number of carbonyl (C=O) groups excluding carboxylic acids is 1. The summed E-state index contributed by atoms with van der Waals surface area (Å²) in [7, 11) is 1.50. The summed E-state index contributed by atoms with van der Waals surface area (Å²) in [4.78, 5) is 16.5. The summed E-state index contributed by atoms with van der Waals surface area (Å²) in [5.41, 5.74) is 4.88. The molecule has 1 aliphatic heterocycles. The van der Waals surface area contributed by atoms with Crippen LogP contribution in [0.15, 0.2) is 48.8 Å². The van der Waals surface area contributed by atoms with Gasteiger partial charge in [-0.25, -0.2) is 9.18 Å². The van der Waals surface area contributed by atoms with Crippen LogP contribution in [0.2, 0.25) is 0 Å². The van der Waals surface area contributed by atoms with Crippen molar-refractivity contribution in [3.05, 3.63) is 65.7 Å². The van der Waals surface area contributed by atoms with E-state index in [2.05, 4.69) is 23.2 Å². The Morgan fingerprint density at radius 2 is 2.07 bits per heavy atom. The van der Waals surface area contributed by atoms with Gasteiger partial charge in [0.05, 0.1) is 13.3 Å². The molecule has 1 aliphatic rings. The number of halogens is 1. The number of aryl methyl sites for hydroxylation is 1. The molecule has 6 nitrogen and oxygen atoms in total. The number of aromatic nitrogens is 2. The van der Waals surface area contributed by atoms with Crippen LogP contribution < -0.4 is 9.64 Å². The Bertz CT molecular complexity index is 1020. The molecule has 0 bridgehead atoms. The molecular formula is C22H23FN4O2. The molecule has 2 heterocycles. The number of H-pyrrole nitrogens is 1. The Balaban J connectivity index is 1.54. The number of anilines is 1. The van der Waals surface area contributed by atoms with Crippen LogP contribution in [0.25, 0.3) is 11.1 Å². The van der Waals surface area contributed by atoms with Gasteiger partial charge in [-0.3, -0.25) is 10.00 Å². The summed E-state index contributed by atoms with van der Waals surface area (Å²) >= 11 is 0. The van der Waals surface area contributed by atoms with Gasteiger partial charge in [0.2, 0.25) is 0 Å². The molecule has 0 spiro atoms. The average molecular weight is 394 g/mol. The van der Waals surface area contributed by atoms with Crippen molar-refractivity contribution in [1.82, 2.24) is 15.1 Å². The fraction of sp³-hybridized carbons (Fsp3) is 0.273. The first-order valence-electron chi connectivity index (χ1n) is 9.61. The maximum Gasteiger partial charge on any atom is 0.324 e. The van der Waals surface area contributed by atoms with E-state index in [9.17, 15) is 9.18 Å². The van der Waals surface area contributed by atoms with E-state index in [1.54, 1.807) is 22.1 Å². The lowest BCUT2D eigenvalue weighted by Crippen LogP contribution is -2.31. The smallest absolute Gasteiger partial charge is 0.324 e. The first-order valence-corrected chi connectivity index (χ1v) is 9.61.